The molecule has 0 unspecified atom stereocenters. The standard InChI is InChI=1S/C7H8ClN3S2/c1-4(10-11-7(9)12)5-2-3-6(8)13-5/h2-3H,1H3,(H3,9,11,12)/b10-4+. The number of rotatable bonds is 2. The molecule has 0 saturated carbocycles. The molecule has 3 nitrogen and oxygen atoms in total. The Hall–Kier alpha value is -0.650. The molecule has 0 bridgehead atoms. The monoisotopic (exact) mass is 233 g/mol. The molecule has 13 heavy (non-hydrogen) atoms. The van der Waals surface area contributed by atoms with Crippen LogP contribution in [0.5, 0.6) is 0 Å². The normalized spacial score (nSPS) is 11.4. The van der Waals surface area contributed by atoms with Gasteiger partial charge in [-0.2, -0.15) is 5.10 Å². The molecule has 1 rings (SSSR count). The van der Waals surface area contributed by atoms with Crippen LogP contribution >= 0.6 is 35.2 Å². The van der Waals surface area contributed by atoms with E-state index in [9.17, 15) is 0 Å². The van der Waals surface area contributed by atoms with Gasteiger partial charge in [0.05, 0.1) is 14.9 Å². The van der Waals surface area contributed by atoms with Crippen LogP contribution in [0.4, 0.5) is 0 Å². The lowest BCUT2D eigenvalue weighted by Gasteiger charge is -1.97. The summed E-state index contributed by atoms with van der Waals surface area (Å²) in [6, 6.07) is 3.72. The van der Waals surface area contributed by atoms with Crippen molar-refractivity contribution in [3.63, 3.8) is 0 Å². The van der Waals surface area contributed by atoms with Crippen LogP contribution < -0.4 is 11.2 Å². The van der Waals surface area contributed by atoms with Gasteiger partial charge in [0.15, 0.2) is 5.11 Å². The molecule has 0 saturated heterocycles. The summed E-state index contributed by atoms with van der Waals surface area (Å²) in [7, 11) is 0. The van der Waals surface area contributed by atoms with Crippen molar-refractivity contribution in [1.82, 2.24) is 5.43 Å². The van der Waals surface area contributed by atoms with Crippen LogP contribution in [0.15, 0.2) is 17.2 Å². The average Bonchev–Trinajstić information content (AvgIpc) is 2.47. The van der Waals surface area contributed by atoms with Crippen LogP contribution in [-0.4, -0.2) is 10.8 Å². The van der Waals surface area contributed by atoms with Gasteiger partial charge in [-0.1, -0.05) is 11.6 Å². The molecule has 3 N–H and O–H groups in total. The van der Waals surface area contributed by atoms with Gasteiger partial charge >= 0.3 is 0 Å². The number of thiophene rings is 1. The maximum Gasteiger partial charge on any atom is 0.184 e. The topological polar surface area (TPSA) is 50.4 Å². The fourth-order valence-electron chi connectivity index (χ4n) is 0.703. The lowest BCUT2D eigenvalue weighted by Crippen LogP contribution is -2.25. The van der Waals surface area contributed by atoms with E-state index in [1.165, 1.54) is 11.3 Å². The quantitative estimate of drug-likeness (QED) is 0.467. The summed E-state index contributed by atoms with van der Waals surface area (Å²) in [6.07, 6.45) is 0. The van der Waals surface area contributed by atoms with E-state index >= 15 is 0 Å². The number of thiocarbonyl (C=S) groups is 1. The third-order valence-electron chi connectivity index (χ3n) is 1.26. The third-order valence-corrected chi connectivity index (χ3v) is 2.69. The molecule has 0 aromatic carbocycles. The predicted molar refractivity (Wildman–Crippen MR) is 61.5 cm³/mol. The fourth-order valence-corrected chi connectivity index (χ4v) is 1.74. The van der Waals surface area contributed by atoms with Crippen LogP contribution in [0.25, 0.3) is 0 Å². The largest absolute Gasteiger partial charge is 0.375 e. The Morgan fingerprint density at radius 2 is 2.38 bits per heavy atom. The van der Waals surface area contributed by atoms with Crippen molar-refractivity contribution < 1.29 is 0 Å². The van der Waals surface area contributed by atoms with Crippen LogP contribution in [0.3, 0.4) is 0 Å². The van der Waals surface area contributed by atoms with E-state index in [1.54, 1.807) is 0 Å². The van der Waals surface area contributed by atoms with Crippen LogP contribution in [0.2, 0.25) is 4.34 Å². The lowest BCUT2D eigenvalue weighted by atomic mass is 10.3. The Bertz CT molecular complexity index is 345. The highest BCUT2D eigenvalue weighted by Crippen LogP contribution is 2.21. The number of nitrogens with one attached hydrogen (secondary N) is 1. The summed E-state index contributed by atoms with van der Waals surface area (Å²) in [5, 5.41) is 4.11. The third kappa shape index (κ3) is 3.30. The number of hydrazone groups is 1. The molecule has 0 spiro atoms. The second-order valence-corrected chi connectivity index (χ2v) is 4.43. The molecular weight excluding hydrogens is 226 g/mol. The molecule has 6 heteroatoms. The maximum absolute atomic E-state index is 5.76. The SMILES string of the molecule is C/C(=N\NC(N)=S)c1ccc(Cl)s1. The van der Waals surface area contributed by atoms with E-state index < -0.39 is 0 Å². The second kappa shape index (κ2) is 4.55. The van der Waals surface area contributed by atoms with Gasteiger partial charge in [-0.05, 0) is 31.3 Å². The molecule has 0 aliphatic heterocycles. The first-order valence-electron chi connectivity index (χ1n) is 3.45. The molecule has 0 radical (unpaired) electrons. The molecule has 70 valence electrons. The molecule has 0 atom stereocenters. The van der Waals surface area contributed by atoms with Gasteiger partial charge in [0, 0.05) is 0 Å². The van der Waals surface area contributed by atoms with Crippen molar-refractivity contribution in [1.29, 1.82) is 0 Å². The van der Waals surface area contributed by atoms with Crippen molar-refractivity contribution in [3.8, 4) is 0 Å². The van der Waals surface area contributed by atoms with Crippen LogP contribution in [0.1, 0.15) is 11.8 Å². The van der Waals surface area contributed by atoms with Gasteiger partial charge in [-0.3, -0.25) is 5.43 Å². The minimum absolute atomic E-state index is 0.155. The number of hydrogen-bond donors (Lipinski definition) is 2. The first kappa shape index (κ1) is 10.4. The van der Waals surface area contributed by atoms with Crippen LogP contribution in [0, 0.1) is 0 Å². The van der Waals surface area contributed by atoms with E-state index in [2.05, 4.69) is 22.7 Å². The van der Waals surface area contributed by atoms with Gasteiger partial charge in [0.2, 0.25) is 0 Å². The number of nitrogens with two attached hydrogens (primary N) is 1. The average molecular weight is 234 g/mol. The number of nitrogens with zero attached hydrogens (tertiary/aromatic N) is 1. The Labute approximate surface area is 90.6 Å². The number of hydrogen-bond acceptors (Lipinski definition) is 3. The fraction of sp³-hybridized carbons (Fsp3) is 0.143. The Morgan fingerprint density at radius 3 is 2.85 bits per heavy atom. The van der Waals surface area contributed by atoms with Gasteiger partial charge in [-0.15, -0.1) is 11.3 Å². The zero-order chi connectivity index (χ0) is 9.84. The second-order valence-electron chi connectivity index (χ2n) is 2.28. The van der Waals surface area contributed by atoms with E-state index in [4.69, 9.17) is 17.3 Å². The van der Waals surface area contributed by atoms with E-state index in [-0.39, 0.29) is 5.11 Å². The summed E-state index contributed by atoms with van der Waals surface area (Å²) >= 11 is 11.8. The Morgan fingerprint density at radius 1 is 1.69 bits per heavy atom. The first-order valence-corrected chi connectivity index (χ1v) is 5.05. The Balaban J connectivity index is 2.72. The zero-order valence-electron chi connectivity index (χ0n) is 6.87. The zero-order valence-corrected chi connectivity index (χ0v) is 9.26. The highest BCUT2D eigenvalue weighted by Gasteiger charge is 2.00. The van der Waals surface area contributed by atoms with E-state index in [1.807, 2.05) is 19.1 Å². The number of halogens is 1. The molecule has 1 heterocycles. The first-order chi connectivity index (χ1) is 6.09. The molecular formula is C7H8ClN3S2. The van der Waals surface area contributed by atoms with Gasteiger partial charge in [0.1, 0.15) is 0 Å². The van der Waals surface area contributed by atoms with Crippen molar-refractivity contribution in [2.45, 2.75) is 6.92 Å². The predicted octanol–water partition coefficient (Wildman–Crippen LogP) is 1.96. The molecule has 1 aromatic heterocycles. The van der Waals surface area contributed by atoms with Crippen LogP contribution in [-0.2, 0) is 0 Å². The summed E-state index contributed by atoms with van der Waals surface area (Å²) in [5.74, 6) is 0. The summed E-state index contributed by atoms with van der Waals surface area (Å²) < 4.78 is 0.736. The Kier molecular flexibility index (Phi) is 3.65. The highest BCUT2D eigenvalue weighted by molar-refractivity contribution is 7.80. The maximum atomic E-state index is 5.76. The molecule has 0 aliphatic carbocycles. The lowest BCUT2D eigenvalue weighted by molar-refractivity contribution is 1.03. The van der Waals surface area contributed by atoms with Gasteiger partial charge < -0.3 is 5.73 Å². The molecule has 0 fully saturated rings. The molecule has 1 aromatic rings. The van der Waals surface area contributed by atoms with Gasteiger partial charge in [-0.25, -0.2) is 0 Å². The molecule has 0 aliphatic rings. The minimum Gasteiger partial charge on any atom is -0.375 e. The van der Waals surface area contributed by atoms with Crippen molar-refractivity contribution in [3.05, 3.63) is 21.3 Å². The van der Waals surface area contributed by atoms with Crippen molar-refractivity contribution in [2.24, 2.45) is 10.8 Å². The van der Waals surface area contributed by atoms with E-state index in [0.29, 0.717) is 0 Å². The highest BCUT2D eigenvalue weighted by atomic mass is 35.5. The van der Waals surface area contributed by atoms with Crippen molar-refractivity contribution >= 4 is 46.0 Å². The summed E-state index contributed by atoms with van der Waals surface area (Å²) in [5.41, 5.74) is 8.54. The minimum atomic E-state index is 0.155. The molecule has 0 amide bonds. The van der Waals surface area contributed by atoms with E-state index in [0.717, 1.165) is 14.9 Å². The van der Waals surface area contributed by atoms with Crippen molar-refractivity contribution in [2.75, 3.05) is 0 Å². The smallest absolute Gasteiger partial charge is 0.184 e. The van der Waals surface area contributed by atoms with Gasteiger partial charge in [0.25, 0.3) is 0 Å². The summed E-state index contributed by atoms with van der Waals surface area (Å²) in [4.78, 5) is 0.994. The summed E-state index contributed by atoms with van der Waals surface area (Å²) in [6.45, 7) is 1.85.